The van der Waals surface area contributed by atoms with Gasteiger partial charge in [-0.2, -0.15) is 0 Å². The Hall–Kier alpha value is -4.41. The number of Topliss-reactive ketones (excluding diaryl/α,β-unsaturated/α-hetero) is 1. The van der Waals surface area contributed by atoms with Crippen molar-refractivity contribution in [2.45, 2.75) is 42.5 Å². The van der Waals surface area contributed by atoms with Gasteiger partial charge < -0.3 is 14.6 Å². The van der Waals surface area contributed by atoms with Crippen LogP contribution >= 0.6 is 23.1 Å². The maximum Gasteiger partial charge on any atom is 0.301 e. The number of amides is 1. The van der Waals surface area contributed by atoms with E-state index in [4.69, 9.17) is 9.47 Å². The Morgan fingerprint density at radius 3 is 2.77 bits per heavy atom. The first-order valence-corrected chi connectivity index (χ1v) is 15.6. The summed E-state index contributed by atoms with van der Waals surface area (Å²) in [5.41, 5.74) is 4.25. The molecule has 2 aliphatic heterocycles. The predicted molar refractivity (Wildman–Crippen MR) is 168 cm³/mol. The molecule has 6 rings (SSSR count). The molecule has 1 fully saturated rings. The SMILES string of the molecule is C=CCOc1cccc(C2C(=C(O)c3ccc4c(c3)CC(C)O4)C(=O)C(=O)N2c2nnc(SCc3ccc(C)cc3)s2)c1. The Morgan fingerprint density at radius 2 is 1.98 bits per heavy atom. The van der Waals surface area contributed by atoms with Crippen LogP contribution in [0.3, 0.4) is 0 Å². The van der Waals surface area contributed by atoms with Gasteiger partial charge in [-0.3, -0.25) is 14.5 Å². The van der Waals surface area contributed by atoms with E-state index in [0.29, 0.717) is 33.4 Å². The maximum atomic E-state index is 13.6. The lowest BCUT2D eigenvalue weighted by atomic mass is 9.94. The first-order valence-electron chi connectivity index (χ1n) is 13.8. The average molecular weight is 612 g/mol. The molecule has 0 radical (unpaired) electrons. The van der Waals surface area contributed by atoms with Crippen molar-refractivity contribution in [1.29, 1.82) is 0 Å². The summed E-state index contributed by atoms with van der Waals surface area (Å²) in [6.45, 7) is 8.00. The van der Waals surface area contributed by atoms with Gasteiger partial charge >= 0.3 is 5.91 Å². The van der Waals surface area contributed by atoms with Crippen molar-refractivity contribution in [3.05, 3.63) is 113 Å². The zero-order valence-electron chi connectivity index (χ0n) is 23.6. The lowest BCUT2D eigenvalue weighted by Gasteiger charge is -2.23. The van der Waals surface area contributed by atoms with E-state index >= 15 is 0 Å². The number of thioether (sulfide) groups is 1. The molecule has 3 aromatic carbocycles. The van der Waals surface area contributed by atoms with Crippen molar-refractivity contribution in [3.63, 3.8) is 0 Å². The van der Waals surface area contributed by atoms with Crippen molar-refractivity contribution >= 4 is 45.7 Å². The Kier molecular flexibility index (Phi) is 8.05. The lowest BCUT2D eigenvalue weighted by molar-refractivity contribution is -0.132. The number of rotatable bonds is 9. The number of benzene rings is 3. The summed E-state index contributed by atoms with van der Waals surface area (Å²) in [6.07, 6.45) is 2.34. The average Bonchev–Trinajstić information content (AvgIpc) is 3.70. The van der Waals surface area contributed by atoms with Gasteiger partial charge in [0.1, 0.15) is 30.0 Å². The number of carbonyl (C=O) groups excluding carboxylic acids is 2. The zero-order valence-corrected chi connectivity index (χ0v) is 25.3. The fourth-order valence-corrected chi connectivity index (χ4v) is 7.01. The van der Waals surface area contributed by atoms with Gasteiger partial charge in [0, 0.05) is 17.7 Å². The molecule has 10 heteroatoms. The minimum Gasteiger partial charge on any atom is -0.507 e. The lowest BCUT2D eigenvalue weighted by Crippen LogP contribution is -2.29. The number of carbonyl (C=O) groups is 2. The third kappa shape index (κ3) is 5.80. The van der Waals surface area contributed by atoms with Crippen LogP contribution in [-0.2, 0) is 21.8 Å². The number of hydrogen-bond donors (Lipinski definition) is 1. The summed E-state index contributed by atoms with van der Waals surface area (Å²) in [4.78, 5) is 28.6. The zero-order chi connectivity index (χ0) is 30.1. The van der Waals surface area contributed by atoms with Crippen LogP contribution in [0, 0.1) is 6.92 Å². The third-order valence-corrected chi connectivity index (χ3v) is 9.37. The molecular formula is C33H29N3O5S2. The fraction of sp³-hybridized carbons (Fsp3) is 0.212. The summed E-state index contributed by atoms with van der Waals surface area (Å²) in [7, 11) is 0. The van der Waals surface area contributed by atoms with E-state index in [2.05, 4.69) is 41.0 Å². The quantitative estimate of drug-likeness (QED) is 0.0561. The summed E-state index contributed by atoms with van der Waals surface area (Å²) < 4.78 is 12.2. The van der Waals surface area contributed by atoms with Crippen LogP contribution in [0.2, 0.25) is 0 Å². The maximum absolute atomic E-state index is 13.6. The molecule has 0 aliphatic carbocycles. The highest BCUT2D eigenvalue weighted by molar-refractivity contribution is 8.00. The van der Waals surface area contributed by atoms with Crippen LogP contribution in [0.5, 0.6) is 11.5 Å². The monoisotopic (exact) mass is 611 g/mol. The fourth-order valence-electron chi connectivity index (χ4n) is 5.19. The van der Waals surface area contributed by atoms with Gasteiger partial charge in [-0.25, -0.2) is 0 Å². The van der Waals surface area contributed by atoms with Crippen LogP contribution in [-0.4, -0.2) is 39.7 Å². The van der Waals surface area contributed by atoms with Crippen molar-refractivity contribution in [2.75, 3.05) is 11.5 Å². The van der Waals surface area contributed by atoms with Gasteiger partial charge in [0.2, 0.25) is 5.13 Å². The minimum atomic E-state index is -0.946. The second kappa shape index (κ2) is 12.1. The number of fused-ring (bicyclic) bond motifs is 1. The van der Waals surface area contributed by atoms with E-state index in [1.807, 2.05) is 19.9 Å². The predicted octanol–water partition coefficient (Wildman–Crippen LogP) is 6.65. The van der Waals surface area contributed by atoms with Crippen LogP contribution < -0.4 is 14.4 Å². The number of nitrogens with zero attached hydrogens (tertiary/aromatic N) is 3. The van der Waals surface area contributed by atoms with Crippen LogP contribution in [0.4, 0.5) is 5.13 Å². The Balaban J connectivity index is 1.39. The highest BCUT2D eigenvalue weighted by atomic mass is 32.2. The van der Waals surface area contributed by atoms with Crippen molar-refractivity contribution in [1.82, 2.24) is 10.2 Å². The molecule has 0 saturated carbocycles. The molecule has 2 atom stereocenters. The number of aliphatic hydroxyl groups is 1. The second-order valence-electron chi connectivity index (χ2n) is 10.4. The van der Waals surface area contributed by atoms with Gasteiger partial charge in [-0.05, 0) is 60.9 Å². The Bertz CT molecular complexity index is 1750. The van der Waals surface area contributed by atoms with Crippen LogP contribution in [0.15, 0.2) is 89.3 Å². The van der Waals surface area contributed by atoms with Gasteiger partial charge in [0.05, 0.1) is 11.6 Å². The number of aromatic nitrogens is 2. The Labute approximate surface area is 257 Å². The highest BCUT2D eigenvalue weighted by Gasteiger charge is 2.48. The van der Waals surface area contributed by atoms with E-state index in [1.54, 1.807) is 42.5 Å². The number of ketones is 1. The second-order valence-corrected chi connectivity index (χ2v) is 12.6. The smallest absolute Gasteiger partial charge is 0.301 e. The van der Waals surface area contributed by atoms with Crippen molar-refractivity contribution in [3.8, 4) is 11.5 Å². The first kappa shape index (κ1) is 28.7. The number of anilines is 1. The molecule has 3 heterocycles. The first-order chi connectivity index (χ1) is 20.8. The number of aliphatic hydroxyl groups excluding tert-OH is 1. The standard InChI is InChI=1S/C33H29N3O5S2/c1-4-14-40-25-7-5-6-22(17-25)28-27(29(37)23-12-13-26-24(16-23)15-20(3)41-26)30(38)31(39)36(28)32-34-35-33(43-32)42-18-21-10-8-19(2)9-11-21/h4-13,16-17,20,28,37H,1,14-15,18H2,2-3H3. The summed E-state index contributed by atoms with van der Waals surface area (Å²) >= 11 is 2.73. The minimum absolute atomic E-state index is 0.0201. The van der Waals surface area contributed by atoms with E-state index in [-0.39, 0.29) is 29.2 Å². The number of aryl methyl sites for hydroxylation is 1. The molecule has 218 valence electrons. The molecule has 43 heavy (non-hydrogen) atoms. The van der Waals surface area contributed by atoms with Crippen LogP contribution in [0.1, 0.15) is 40.8 Å². The van der Waals surface area contributed by atoms with Gasteiger partial charge in [0.25, 0.3) is 5.78 Å². The van der Waals surface area contributed by atoms with E-state index < -0.39 is 17.7 Å². The van der Waals surface area contributed by atoms with Crippen LogP contribution in [0.25, 0.3) is 5.76 Å². The normalized spacial score (nSPS) is 18.9. The highest BCUT2D eigenvalue weighted by Crippen LogP contribution is 2.45. The van der Waals surface area contributed by atoms with Gasteiger partial charge in [-0.1, -0.05) is 77.7 Å². The van der Waals surface area contributed by atoms with Gasteiger partial charge in [-0.15, -0.1) is 10.2 Å². The van der Waals surface area contributed by atoms with Crippen molar-refractivity contribution < 1.29 is 24.2 Å². The number of hydrogen-bond acceptors (Lipinski definition) is 9. The molecule has 1 amide bonds. The third-order valence-electron chi connectivity index (χ3n) is 7.24. The van der Waals surface area contributed by atoms with E-state index in [9.17, 15) is 14.7 Å². The Morgan fingerprint density at radius 1 is 1.16 bits per heavy atom. The molecule has 1 N–H and O–H groups in total. The van der Waals surface area contributed by atoms with E-state index in [1.165, 1.54) is 33.6 Å². The molecule has 8 nitrogen and oxygen atoms in total. The molecule has 2 unspecified atom stereocenters. The largest absolute Gasteiger partial charge is 0.507 e. The molecule has 0 spiro atoms. The molecule has 1 aromatic heterocycles. The van der Waals surface area contributed by atoms with E-state index in [0.717, 1.165) is 16.9 Å². The molecule has 0 bridgehead atoms. The molecule has 1 saturated heterocycles. The summed E-state index contributed by atoms with van der Waals surface area (Å²) in [5.74, 6) is 0.128. The van der Waals surface area contributed by atoms with Crippen molar-refractivity contribution in [2.24, 2.45) is 0 Å². The number of ether oxygens (including phenoxy) is 2. The summed E-state index contributed by atoms with van der Waals surface area (Å²) in [6, 6.07) is 19.7. The molecule has 2 aliphatic rings. The topological polar surface area (TPSA) is 102 Å². The molecule has 4 aromatic rings. The molecular weight excluding hydrogens is 583 g/mol. The summed E-state index contributed by atoms with van der Waals surface area (Å²) in [5, 5.41) is 20.5. The van der Waals surface area contributed by atoms with Gasteiger partial charge in [0.15, 0.2) is 4.34 Å².